The largest absolute Gasteiger partial charge is 0.336 e. The van der Waals surface area contributed by atoms with E-state index in [-0.39, 0.29) is 34.3 Å². The van der Waals surface area contributed by atoms with Crippen LogP contribution in [0.25, 0.3) is 5.69 Å². The molecule has 1 saturated heterocycles. The molecule has 0 radical (unpaired) electrons. The van der Waals surface area contributed by atoms with E-state index in [1.54, 1.807) is 17.0 Å². The van der Waals surface area contributed by atoms with Crippen LogP contribution in [-0.2, 0) is 10.0 Å². The lowest BCUT2D eigenvalue weighted by Crippen LogP contribution is -2.49. The van der Waals surface area contributed by atoms with E-state index < -0.39 is 15.8 Å². The number of nitrogens with two attached hydrogens (primary N) is 1. The monoisotopic (exact) mass is 522 g/mol. The Balaban J connectivity index is 1.41. The Kier molecular flexibility index (Phi) is 7.32. The minimum Gasteiger partial charge on any atom is -0.336 e. The molecule has 1 aliphatic heterocycles. The molecule has 0 unspecified atom stereocenters. The van der Waals surface area contributed by atoms with Crippen LogP contribution in [0.2, 0.25) is 0 Å². The van der Waals surface area contributed by atoms with Gasteiger partial charge in [0, 0.05) is 54.4 Å². The molecule has 3 aromatic rings. The van der Waals surface area contributed by atoms with Crippen LogP contribution in [0.15, 0.2) is 53.4 Å². The number of nitrogens with zero attached hydrogens (tertiary/aromatic N) is 3. The molecule has 0 bridgehead atoms. The lowest BCUT2D eigenvalue weighted by atomic mass is 10.1. The number of hydrogen-bond acceptors (Lipinski definition) is 5. The molecule has 192 valence electrons. The zero-order valence-corrected chi connectivity index (χ0v) is 21.4. The molecule has 1 amide bonds. The van der Waals surface area contributed by atoms with Crippen LogP contribution < -0.4 is 5.14 Å². The third-order valence-electron chi connectivity index (χ3n) is 6.55. The number of sulfonamides is 1. The molecule has 0 saturated carbocycles. The first-order chi connectivity index (χ1) is 17.5. The Morgan fingerprint density at radius 2 is 1.68 bits per heavy atom. The van der Waals surface area contributed by atoms with Crippen molar-refractivity contribution in [3.63, 3.8) is 0 Å². The third kappa shape index (κ3) is 5.49. The highest BCUT2D eigenvalue weighted by Gasteiger charge is 2.25. The number of benzene rings is 2. The molecule has 2 aromatic carbocycles. The fourth-order valence-electron chi connectivity index (χ4n) is 4.57. The maximum Gasteiger partial charge on any atom is 0.254 e. The van der Waals surface area contributed by atoms with Crippen LogP contribution in [0.1, 0.15) is 37.7 Å². The van der Waals surface area contributed by atoms with Crippen LogP contribution in [-0.4, -0.2) is 67.2 Å². The van der Waals surface area contributed by atoms with Crippen molar-refractivity contribution < 1.29 is 22.4 Å². The number of hydrogen-bond donors (Lipinski definition) is 1. The van der Waals surface area contributed by atoms with Crippen LogP contribution in [0.4, 0.5) is 4.39 Å². The lowest BCUT2D eigenvalue weighted by molar-refractivity contribution is 0.0624. The van der Waals surface area contributed by atoms with Gasteiger partial charge in [0.1, 0.15) is 5.82 Å². The first-order valence-corrected chi connectivity index (χ1v) is 13.2. The van der Waals surface area contributed by atoms with Gasteiger partial charge in [-0.05, 0) is 62.4 Å². The molecule has 2 N–H and O–H groups in total. The second-order valence-corrected chi connectivity index (χ2v) is 10.6. The number of amides is 1. The van der Waals surface area contributed by atoms with E-state index >= 15 is 0 Å². The molecule has 4 rings (SSSR count). The maximum atomic E-state index is 14.0. The van der Waals surface area contributed by atoms with E-state index in [1.807, 2.05) is 29.4 Å². The number of halogens is 1. The summed E-state index contributed by atoms with van der Waals surface area (Å²) in [5, 5.41) is 5.18. The zero-order valence-electron chi connectivity index (χ0n) is 20.6. The highest BCUT2D eigenvalue weighted by Crippen LogP contribution is 2.23. The van der Waals surface area contributed by atoms with E-state index in [2.05, 4.69) is 5.92 Å². The van der Waals surface area contributed by atoms with Gasteiger partial charge in [-0.25, -0.2) is 17.9 Å². The fraction of sp³-hybridized carbons (Fsp3) is 0.259. The molecule has 0 aliphatic carbocycles. The van der Waals surface area contributed by atoms with Gasteiger partial charge in [0.05, 0.1) is 17.0 Å². The number of terminal acetylenes is 1. The number of Topliss-reactive ketones (excluding diaryl/α,β-unsaturated/α-hetero) is 1. The van der Waals surface area contributed by atoms with Gasteiger partial charge in [-0.15, -0.1) is 6.42 Å². The van der Waals surface area contributed by atoms with Gasteiger partial charge in [-0.2, -0.15) is 0 Å². The second-order valence-electron chi connectivity index (χ2n) is 8.99. The number of rotatable bonds is 6. The molecule has 0 spiro atoms. The number of carbonyl (C=O) groups excluding carboxylic acids is 2. The summed E-state index contributed by atoms with van der Waals surface area (Å²) in [6.45, 7) is 5.77. The number of carbonyl (C=O) groups is 2. The predicted molar refractivity (Wildman–Crippen MR) is 138 cm³/mol. The molecule has 1 aromatic heterocycles. The van der Waals surface area contributed by atoms with Crippen LogP contribution >= 0.6 is 0 Å². The highest BCUT2D eigenvalue weighted by atomic mass is 32.2. The summed E-state index contributed by atoms with van der Waals surface area (Å²) < 4.78 is 39.0. The highest BCUT2D eigenvalue weighted by molar-refractivity contribution is 7.89. The minimum atomic E-state index is -3.79. The lowest BCUT2D eigenvalue weighted by Gasteiger charge is -2.34. The first-order valence-electron chi connectivity index (χ1n) is 11.6. The van der Waals surface area contributed by atoms with E-state index in [4.69, 9.17) is 11.6 Å². The van der Waals surface area contributed by atoms with Gasteiger partial charge in [-0.1, -0.05) is 5.92 Å². The van der Waals surface area contributed by atoms with Gasteiger partial charge >= 0.3 is 0 Å². The van der Waals surface area contributed by atoms with Crippen molar-refractivity contribution in [1.29, 1.82) is 0 Å². The molecular formula is C27H27FN4O4S. The Bertz CT molecular complexity index is 1510. The van der Waals surface area contributed by atoms with Crippen molar-refractivity contribution in [2.45, 2.75) is 18.7 Å². The quantitative estimate of drug-likeness (QED) is 0.396. The Hall–Kier alpha value is -3.78. The van der Waals surface area contributed by atoms with E-state index in [9.17, 15) is 22.4 Å². The normalized spacial score (nSPS) is 14.4. The van der Waals surface area contributed by atoms with Crippen molar-refractivity contribution in [1.82, 2.24) is 14.4 Å². The molecule has 0 atom stereocenters. The van der Waals surface area contributed by atoms with Crippen LogP contribution in [0, 0.1) is 32.0 Å². The predicted octanol–water partition coefficient (Wildman–Crippen LogP) is 2.50. The standard InChI is InChI=1S/C27H27FN4O4S/c1-4-20-5-6-21(16-25(20)28)27(34)31-13-11-30(12-14-31)17-26(33)24-15-18(2)32(19(24)3)22-7-9-23(10-8-22)37(29,35)36/h1,5-10,15-16H,11-14,17H2,2-3H3,(H2,29,35,36). The van der Waals surface area contributed by atoms with E-state index in [0.29, 0.717) is 31.7 Å². The van der Waals surface area contributed by atoms with Crippen molar-refractivity contribution >= 4 is 21.7 Å². The summed E-state index contributed by atoms with van der Waals surface area (Å²) in [4.78, 5) is 29.6. The molecule has 2 heterocycles. The Morgan fingerprint density at radius 3 is 2.24 bits per heavy atom. The average Bonchev–Trinajstić information content (AvgIpc) is 3.17. The summed E-state index contributed by atoms with van der Waals surface area (Å²) in [6.07, 6.45) is 5.24. The van der Waals surface area contributed by atoms with Crippen LogP contribution in [0.3, 0.4) is 0 Å². The van der Waals surface area contributed by atoms with Crippen molar-refractivity contribution in [3.8, 4) is 18.0 Å². The zero-order chi connectivity index (χ0) is 26.9. The SMILES string of the molecule is C#Cc1ccc(C(=O)N2CCN(CC(=O)c3cc(C)n(-c4ccc(S(N)(=O)=O)cc4)c3C)CC2)cc1F. The fourth-order valence-corrected chi connectivity index (χ4v) is 5.09. The number of piperazine rings is 1. The smallest absolute Gasteiger partial charge is 0.254 e. The molecule has 1 aliphatic rings. The minimum absolute atomic E-state index is 0.0161. The van der Waals surface area contributed by atoms with Gasteiger partial charge < -0.3 is 9.47 Å². The number of aromatic nitrogens is 1. The maximum absolute atomic E-state index is 14.0. The van der Waals surface area contributed by atoms with Gasteiger partial charge in [-0.3, -0.25) is 14.5 Å². The molecule has 1 fully saturated rings. The van der Waals surface area contributed by atoms with Crippen LogP contribution in [0.5, 0.6) is 0 Å². The summed E-state index contributed by atoms with van der Waals surface area (Å²) in [5.74, 6) is 1.31. The summed E-state index contributed by atoms with van der Waals surface area (Å²) >= 11 is 0. The number of primary sulfonamides is 1. The Morgan fingerprint density at radius 1 is 1.03 bits per heavy atom. The Labute approximate surface area is 215 Å². The van der Waals surface area contributed by atoms with Gasteiger partial charge in [0.25, 0.3) is 5.91 Å². The molecule has 37 heavy (non-hydrogen) atoms. The second kappa shape index (κ2) is 10.3. The average molecular weight is 523 g/mol. The molecule has 10 heteroatoms. The summed E-state index contributed by atoms with van der Waals surface area (Å²) in [7, 11) is -3.79. The topological polar surface area (TPSA) is 106 Å². The first kappa shape index (κ1) is 26.3. The molecule has 8 nitrogen and oxygen atoms in total. The van der Waals surface area contributed by atoms with Crippen molar-refractivity contribution in [3.05, 3.63) is 82.4 Å². The van der Waals surface area contributed by atoms with Crippen molar-refractivity contribution in [2.24, 2.45) is 5.14 Å². The van der Waals surface area contributed by atoms with E-state index in [1.165, 1.54) is 24.3 Å². The number of ketones is 1. The van der Waals surface area contributed by atoms with Crippen molar-refractivity contribution in [2.75, 3.05) is 32.7 Å². The number of aryl methyl sites for hydroxylation is 1. The van der Waals surface area contributed by atoms with E-state index in [0.717, 1.165) is 23.1 Å². The summed E-state index contributed by atoms with van der Waals surface area (Å²) in [6, 6.07) is 12.1. The van der Waals surface area contributed by atoms with Gasteiger partial charge in [0.15, 0.2) is 5.78 Å². The third-order valence-corrected chi connectivity index (χ3v) is 7.48. The molecular weight excluding hydrogens is 495 g/mol. The summed E-state index contributed by atoms with van der Waals surface area (Å²) in [5.41, 5.74) is 3.24. The van der Waals surface area contributed by atoms with Gasteiger partial charge in [0.2, 0.25) is 10.0 Å².